The van der Waals surface area contributed by atoms with E-state index in [-0.39, 0.29) is 0 Å². The Morgan fingerprint density at radius 3 is 1.16 bits per heavy atom. The Bertz CT molecular complexity index is 3220. The number of rotatable bonds is 8. The second kappa shape index (κ2) is 15.6. The maximum Gasteiger partial charge on any atom is 0.164 e. The first-order valence-corrected chi connectivity index (χ1v) is 20.9. The quantitative estimate of drug-likeness (QED) is 0.152. The van der Waals surface area contributed by atoms with Crippen LogP contribution >= 0.6 is 11.3 Å². The third-order valence-corrected chi connectivity index (χ3v) is 12.0. The zero-order chi connectivity index (χ0) is 40.5. The van der Waals surface area contributed by atoms with Crippen molar-refractivity contribution in [2.75, 3.05) is 0 Å². The fourth-order valence-electron chi connectivity index (χ4n) is 7.89. The minimum absolute atomic E-state index is 0.549. The molecule has 0 aliphatic rings. The molecule has 0 N–H and O–H groups in total. The van der Waals surface area contributed by atoms with Gasteiger partial charge in [0.2, 0.25) is 0 Å². The van der Waals surface area contributed by atoms with Crippen LogP contribution in [-0.4, -0.2) is 29.9 Å². The van der Waals surface area contributed by atoms with Gasteiger partial charge in [-0.15, -0.1) is 11.3 Å². The van der Waals surface area contributed by atoms with E-state index in [4.69, 9.17) is 29.9 Å². The number of hydrogen-bond acceptors (Lipinski definition) is 7. The summed E-state index contributed by atoms with van der Waals surface area (Å²) in [5, 5.41) is 2.45. The largest absolute Gasteiger partial charge is 0.208 e. The average Bonchev–Trinajstić information content (AvgIpc) is 3.74. The van der Waals surface area contributed by atoms with Gasteiger partial charge in [-0.1, -0.05) is 194 Å². The van der Waals surface area contributed by atoms with Crippen molar-refractivity contribution in [3.05, 3.63) is 206 Å². The summed E-state index contributed by atoms with van der Waals surface area (Å²) in [4.78, 5) is 30.7. The zero-order valence-electron chi connectivity index (χ0n) is 32.7. The Morgan fingerprint density at radius 1 is 0.262 bits per heavy atom. The molecule has 286 valence electrons. The predicted octanol–water partition coefficient (Wildman–Crippen LogP) is 13.8. The number of benzene rings is 8. The van der Waals surface area contributed by atoms with Gasteiger partial charge in [0, 0.05) is 59.1 Å². The molecule has 0 saturated heterocycles. The first-order chi connectivity index (χ1) is 30.2. The van der Waals surface area contributed by atoms with E-state index in [1.165, 1.54) is 31.3 Å². The zero-order valence-corrected chi connectivity index (χ0v) is 33.5. The lowest BCUT2D eigenvalue weighted by Crippen LogP contribution is -2.03. The summed E-state index contributed by atoms with van der Waals surface area (Å²) in [6.07, 6.45) is 0. The smallest absolute Gasteiger partial charge is 0.164 e. The van der Waals surface area contributed by atoms with Crippen molar-refractivity contribution < 1.29 is 0 Å². The molecule has 0 atom stereocenters. The number of hydrogen-bond donors (Lipinski definition) is 0. The topological polar surface area (TPSA) is 77.3 Å². The van der Waals surface area contributed by atoms with E-state index in [1.54, 1.807) is 0 Å². The SMILES string of the molecule is c1ccc(-c2nc(-c3ccccc3)nc(-c3ccc(-c4cccc5c4sc4cccc(-c6ccccc6)c45)c(-c4nc(-c5ccccc5)nc(-c5ccccc5)n4)c3)n2)cc1. The van der Waals surface area contributed by atoms with E-state index in [0.29, 0.717) is 34.9 Å². The van der Waals surface area contributed by atoms with E-state index < -0.39 is 0 Å². The van der Waals surface area contributed by atoms with E-state index in [1.807, 2.05) is 133 Å². The molecule has 0 saturated carbocycles. The molecular formula is C54H34N6S. The van der Waals surface area contributed by atoms with Crippen molar-refractivity contribution in [1.29, 1.82) is 0 Å². The molecule has 61 heavy (non-hydrogen) atoms. The fourth-order valence-corrected chi connectivity index (χ4v) is 9.14. The van der Waals surface area contributed by atoms with Gasteiger partial charge in [0.15, 0.2) is 34.9 Å². The van der Waals surface area contributed by atoms with Gasteiger partial charge in [-0.25, -0.2) is 29.9 Å². The van der Waals surface area contributed by atoms with Crippen molar-refractivity contribution in [3.63, 3.8) is 0 Å². The Morgan fingerprint density at radius 2 is 0.672 bits per heavy atom. The normalized spacial score (nSPS) is 11.3. The molecule has 7 heteroatoms. The summed E-state index contributed by atoms with van der Waals surface area (Å²) in [5.41, 5.74) is 9.76. The van der Waals surface area contributed by atoms with Gasteiger partial charge in [-0.05, 0) is 28.8 Å². The molecule has 0 unspecified atom stereocenters. The van der Waals surface area contributed by atoms with Crippen LogP contribution in [0.3, 0.4) is 0 Å². The average molecular weight is 799 g/mol. The summed E-state index contributed by atoms with van der Waals surface area (Å²) in [6.45, 7) is 0. The summed E-state index contributed by atoms with van der Waals surface area (Å²) >= 11 is 1.81. The highest BCUT2D eigenvalue weighted by molar-refractivity contribution is 7.26. The Kier molecular flexibility index (Phi) is 9.26. The highest BCUT2D eigenvalue weighted by Crippen LogP contribution is 2.46. The second-order valence-corrected chi connectivity index (χ2v) is 15.7. The summed E-state index contributed by atoms with van der Waals surface area (Å²) in [6, 6.07) is 70.5. The molecule has 0 spiro atoms. The van der Waals surface area contributed by atoms with Gasteiger partial charge in [0.05, 0.1) is 0 Å². The predicted molar refractivity (Wildman–Crippen MR) is 250 cm³/mol. The van der Waals surface area contributed by atoms with Gasteiger partial charge >= 0.3 is 0 Å². The van der Waals surface area contributed by atoms with Gasteiger partial charge in [0.25, 0.3) is 0 Å². The van der Waals surface area contributed by atoms with Crippen LogP contribution in [0, 0.1) is 0 Å². The van der Waals surface area contributed by atoms with Gasteiger partial charge in [0.1, 0.15) is 0 Å². The monoisotopic (exact) mass is 798 g/mol. The molecule has 0 aliphatic carbocycles. The molecule has 3 heterocycles. The molecule has 0 radical (unpaired) electrons. The number of thiophene rings is 1. The maximum absolute atomic E-state index is 5.26. The first kappa shape index (κ1) is 36.1. The lowest BCUT2D eigenvalue weighted by Gasteiger charge is -2.15. The van der Waals surface area contributed by atoms with E-state index in [9.17, 15) is 0 Å². The molecule has 3 aromatic heterocycles. The fraction of sp³-hybridized carbons (Fsp3) is 0. The van der Waals surface area contributed by atoms with Crippen LogP contribution in [0.25, 0.3) is 111 Å². The molecule has 0 bridgehead atoms. The van der Waals surface area contributed by atoms with E-state index >= 15 is 0 Å². The molecule has 11 rings (SSSR count). The van der Waals surface area contributed by atoms with Crippen LogP contribution < -0.4 is 0 Å². The lowest BCUT2D eigenvalue weighted by molar-refractivity contribution is 1.07. The Labute approximate surface area is 356 Å². The minimum atomic E-state index is 0.549. The van der Waals surface area contributed by atoms with Crippen molar-refractivity contribution in [3.8, 4) is 90.6 Å². The van der Waals surface area contributed by atoms with Gasteiger partial charge in [-0.3, -0.25) is 0 Å². The van der Waals surface area contributed by atoms with Gasteiger partial charge in [-0.2, -0.15) is 0 Å². The van der Waals surface area contributed by atoms with Crippen molar-refractivity contribution >= 4 is 31.5 Å². The lowest BCUT2D eigenvalue weighted by atomic mass is 9.94. The molecule has 11 aromatic rings. The van der Waals surface area contributed by atoms with Crippen molar-refractivity contribution in [2.24, 2.45) is 0 Å². The van der Waals surface area contributed by atoms with Crippen LogP contribution in [0.15, 0.2) is 206 Å². The summed E-state index contributed by atoms with van der Waals surface area (Å²) < 4.78 is 2.42. The highest BCUT2D eigenvalue weighted by Gasteiger charge is 2.22. The second-order valence-electron chi connectivity index (χ2n) is 14.7. The first-order valence-electron chi connectivity index (χ1n) is 20.1. The third-order valence-electron chi connectivity index (χ3n) is 10.8. The highest BCUT2D eigenvalue weighted by atomic mass is 32.1. The van der Waals surface area contributed by atoms with E-state index in [2.05, 4.69) is 84.9 Å². The Hall–Kier alpha value is -8.00. The maximum atomic E-state index is 5.26. The minimum Gasteiger partial charge on any atom is -0.208 e. The van der Waals surface area contributed by atoms with Crippen LogP contribution in [0.1, 0.15) is 0 Å². The van der Waals surface area contributed by atoms with Crippen LogP contribution in [0.4, 0.5) is 0 Å². The molecular weight excluding hydrogens is 765 g/mol. The third kappa shape index (κ3) is 6.93. The van der Waals surface area contributed by atoms with Crippen molar-refractivity contribution in [2.45, 2.75) is 0 Å². The Balaban J connectivity index is 1.18. The van der Waals surface area contributed by atoms with Gasteiger partial charge < -0.3 is 0 Å². The molecule has 0 fully saturated rings. The van der Waals surface area contributed by atoms with Crippen LogP contribution in [0.2, 0.25) is 0 Å². The van der Waals surface area contributed by atoms with Crippen LogP contribution in [0.5, 0.6) is 0 Å². The number of aromatic nitrogens is 6. The molecule has 8 aromatic carbocycles. The summed E-state index contributed by atoms with van der Waals surface area (Å²) in [7, 11) is 0. The molecule has 0 aliphatic heterocycles. The standard InChI is InChI=1S/C54H34N6S/c1-6-18-35(19-7-1)41-28-17-31-46-47(41)44-30-16-29-43(48(44)61-46)42-33-32-40(53-57-49(36-20-8-2-9-21-36)55-50(58-53)37-22-10-3-11-23-37)34-45(42)54-59-51(38-24-12-4-13-25-38)56-52(60-54)39-26-14-5-15-27-39/h1-34H. The van der Waals surface area contributed by atoms with E-state index in [0.717, 1.165) is 44.5 Å². The molecule has 6 nitrogen and oxygen atoms in total. The number of fused-ring (bicyclic) bond motifs is 3. The van der Waals surface area contributed by atoms with Crippen molar-refractivity contribution in [1.82, 2.24) is 29.9 Å². The number of nitrogens with zero attached hydrogens (tertiary/aromatic N) is 6. The summed E-state index contributed by atoms with van der Waals surface area (Å²) in [5.74, 6) is 3.47. The molecule has 0 amide bonds. The van der Waals surface area contributed by atoms with Crippen LogP contribution in [-0.2, 0) is 0 Å².